The van der Waals surface area contributed by atoms with Crippen LogP contribution in [0.4, 0.5) is 0 Å². The second-order valence-corrected chi connectivity index (χ2v) is 8.36. The monoisotopic (exact) mass is 394 g/mol. The van der Waals surface area contributed by atoms with Gasteiger partial charge in [-0.3, -0.25) is 14.9 Å². The number of rotatable bonds is 7. The largest absolute Gasteiger partial charge is 0.496 e. The molecule has 0 radical (unpaired) electrons. The molecule has 2 unspecified atom stereocenters. The number of carbonyl (C=O) groups excluding carboxylic acids is 2. The highest BCUT2D eigenvalue weighted by atomic mass is 16.5. The first kappa shape index (κ1) is 19.9. The summed E-state index contributed by atoms with van der Waals surface area (Å²) in [6.45, 7) is 4.03. The molecule has 3 aliphatic rings. The molecule has 2 atom stereocenters. The van der Waals surface area contributed by atoms with Crippen molar-refractivity contribution in [1.29, 1.82) is 0 Å². The number of hydrogen-bond acceptors (Lipinski definition) is 4. The fourth-order valence-electron chi connectivity index (χ4n) is 5.21. The number of carbonyl (C=O) groups is 2. The fraction of sp³-hybridized carbons (Fsp3) is 0.500. The lowest BCUT2D eigenvalue weighted by Crippen LogP contribution is -2.43. The van der Waals surface area contributed by atoms with Crippen LogP contribution in [-0.4, -0.2) is 43.0 Å². The van der Waals surface area contributed by atoms with Crippen molar-refractivity contribution in [3.63, 3.8) is 0 Å². The second-order valence-electron chi connectivity index (χ2n) is 8.36. The average Bonchev–Trinajstić information content (AvgIpc) is 3.00. The summed E-state index contributed by atoms with van der Waals surface area (Å²) >= 11 is 0. The van der Waals surface area contributed by atoms with Crippen LogP contribution in [0.15, 0.2) is 42.0 Å². The van der Waals surface area contributed by atoms with Crippen molar-refractivity contribution < 1.29 is 14.3 Å². The smallest absolute Gasteiger partial charge is 0.254 e. The van der Waals surface area contributed by atoms with E-state index >= 15 is 0 Å². The maximum Gasteiger partial charge on any atom is 0.254 e. The number of nitrogens with zero attached hydrogens (tertiary/aromatic N) is 1. The van der Waals surface area contributed by atoms with E-state index in [-0.39, 0.29) is 11.8 Å². The topological polar surface area (TPSA) is 58.6 Å². The number of nitrogens with one attached hydrogen (secondary N) is 1. The van der Waals surface area contributed by atoms with E-state index in [2.05, 4.69) is 29.3 Å². The second kappa shape index (κ2) is 8.15. The first-order valence-corrected chi connectivity index (χ1v) is 10.7. The molecule has 1 fully saturated rings. The summed E-state index contributed by atoms with van der Waals surface area (Å²) in [4.78, 5) is 27.4. The zero-order valence-electron chi connectivity index (χ0n) is 17.4. The summed E-state index contributed by atoms with van der Waals surface area (Å²) in [5, 5.41) is 2.54. The van der Waals surface area contributed by atoms with Crippen molar-refractivity contribution in [2.24, 2.45) is 5.41 Å². The average molecular weight is 395 g/mol. The van der Waals surface area contributed by atoms with Crippen LogP contribution in [0.25, 0.3) is 0 Å². The van der Waals surface area contributed by atoms with Crippen molar-refractivity contribution in [3.8, 4) is 5.75 Å². The van der Waals surface area contributed by atoms with E-state index in [9.17, 15) is 9.59 Å². The van der Waals surface area contributed by atoms with Gasteiger partial charge in [0.05, 0.1) is 12.5 Å². The summed E-state index contributed by atoms with van der Waals surface area (Å²) < 4.78 is 5.55. The van der Waals surface area contributed by atoms with E-state index < -0.39 is 5.41 Å². The number of fused-ring (bicyclic) bond motifs is 2. The summed E-state index contributed by atoms with van der Waals surface area (Å²) in [5.41, 5.74) is 2.66. The van der Waals surface area contributed by atoms with E-state index in [4.69, 9.17) is 4.74 Å². The molecule has 0 aromatic heterocycles. The zero-order chi connectivity index (χ0) is 20.4. The number of methoxy groups -OCH3 is 1. The molecule has 4 rings (SSSR count). The summed E-state index contributed by atoms with van der Waals surface area (Å²) in [7, 11) is 1.74. The van der Waals surface area contributed by atoms with Gasteiger partial charge in [-0.15, -0.1) is 0 Å². The molecule has 154 valence electrons. The minimum atomic E-state index is -0.687. The SMILES string of the molecule is CCCN(CCC12CC=CC=C1C(=O)NC2=O)C1CCc2c(cccc2OC)C1. The molecule has 1 saturated heterocycles. The first-order chi connectivity index (χ1) is 14.1. The molecule has 5 heteroatoms. The third-order valence-electron chi connectivity index (χ3n) is 6.77. The van der Waals surface area contributed by atoms with Gasteiger partial charge in [-0.2, -0.15) is 0 Å². The lowest BCUT2D eigenvalue weighted by atomic mass is 9.73. The Morgan fingerprint density at radius 2 is 2.14 bits per heavy atom. The summed E-state index contributed by atoms with van der Waals surface area (Å²) in [6.07, 6.45) is 11.2. The molecule has 0 bridgehead atoms. The molecule has 1 heterocycles. The van der Waals surface area contributed by atoms with Crippen molar-refractivity contribution in [2.45, 2.75) is 51.5 Å². The molecule has 29 heavy (non-hydrogen) atoms. The van der Waals surface area contributed by atoms with Crippen LogP contribution in [0.3, 0.4) is 0 Å². The van der Waals surface area contributed by atoms with Gasteiger partial charge in [0, 0.05) is 11.6 Å². The molecule has 2 aliphatic carbocycles. The number of allylic oxidation sites excluding steroid dienone is 3. The van der Waals surface area contributed by atoms with Crippen LogP contribution < -0.4 is 10.1 Å². The lowest BCUT2D eigenvalue weighted by Gasteiger charge is -2.38. The molecular formula is C24H30N2O3. The van der Waals surface area contributed by atoms with Gasteiger partial charge in [0.25, 0.3) is 5.91 Å². The van der Waals surface area contributed by atoms with E-state index in [0.717, 1.165) is 44.5 Å². The standard InChI is InChI=1S/C24H30N2O3/c1-3-14-26(18-10-11-19-17(16-18)7-6-9-21(19)29-2)15-13-24-12-5-4-8-20(24)22(27)25-23(24)28/h4-9,18H,3,10-16H2,1-2H3,(H,25,27,28). The molecule has 1 N–H and O–H groups in total. The highest BCUT2D eigenvalue weighted by Gasteiger charge is 2.50. The quantitative estimate of drug-likeness (QED) is 0.722. The van der Waals surface area contributed by atoms with Crippen LogP contribution in [0.5, 0.6) is 5.75 Å². The molecule has 0 spiro atoms. The molecule has 1 aromatic carbocycles. The predicted molar refractivity (Wildman–Crippen MR) is 113 cm³/mol. The molecule has 5 nitrogen and oxygen atoms in total. The highest BCUT2D eigenvalue weighted by molar-refractivity contribution is 6.17. The number of benzene rings is 1. The number of imide groups is 1. The van der Waals surface area contributed by atoms with Crippen LogP contribution >= 0.6 is 0 Å². The maximum absolute atomic E-state index is 12.7. The Bertz CT molecular complexity index is 873. The normalized spacial score (nSPS) is 25.5. The Labute approximate surface area is 172 Å². The van der Waals surface area contributed by atoms with Gasteiger partial charge in [0.1, 0.15) is 5.75 Å². The van der Waals surface area contributed by atoms with Crippen molar-refractivity contribution in [1.82, 2.24) is 10.2 Å². The van der Waals surface area contributed by atoms with Gasteiger partial charge in [-0.1, -0.05) is 37.3 Å². The number of amides is 2. The van der Waals surface area contributed by atoms with Gasteiger partial charge < -0.3 is 9.64 Å². The van der Waals surface area contributed by atoms with E-state index in [0.29, 0.717) is 24.5 Å². The maximum atomic E-state index is 12.7. The van der Waals surface area contributed by atoms with E-state index in [1.54, 1.807) is 7.11 Å². The first-order valence-electron chi connectivity index (χ1n) is 10.7. The Balaban J connectivity index is 1.50. The van der Waals surface area contributed by atoms with E-state index in [1.165, 1.54) is 11.1 Å². The minimum Gasteiger partial charge on any atom is -0.496 e. The Kier molecular flexibility index (Phi) is 5.59. The third-order valence-corrected chi connectivity index (χ3v) is 6.77. The van der Waals surface area contributed by atoms with Crippen LogP contribution in [0.2, 0.25) is 0 Å². The number of hydrogen-bond donors (Lipinski definition) is 1. The molecular weight excluding hydrogens is 364 g/mol. The van der Waals surface area contributed by atoms with Gasteiger partial charge >= 0.3 is 0 Å². The van der Waals surface area contributed by atoms with Gasteiger partial charge in [0.2, 0.25) is 5.91 Å². The van der Waals surface area contributed by atoms with Crippen LogP contribution in [0.1, 0.15) is 43.7 Å². The Hall–Kier alpha value is -2.40. The van der Waals surface area contributed by atoms with Gasteiger partial charge in [-0.05, 0) is 68.8 Å². The zero-order valence-corrected chi connectivity index (χ0v) is 17.4. The Morgan fingerprint density at radius 1 is 1.28 bits per heavy atom. The van der Waals surface area contributed by atoms with Gasteiger partial charge in [-0.25, -0.2) is 0 Å². The van der Waals surface area contributed by atoms with E-state index in [1.807, 2.05) is 24.3 Å². The molecule has 1 aromatic rings. The minimum absolute atomic E-state index is 0.131. The van der Waals surface area contributed by atoms with Crippen LogP contribution in [0, 0.1) is 5.41 Å². The van der Waals surface area contributed by atoms with Gasteiger partial charge in [0.15, 0.2) is 0 Å². The molecule has 1 aliphatic heterocycles. The highest BCUT2D eigenvalue weighted by Crippen LogP contribution is 2.43. The lowest BCUT2D eigenvalue weighted by molar-refractivity contribution is -0.128. The van der Waals surface area contributed by atoms with Crippen molar-refractivity contribution in [3.05, 3.63) is 53.1 Å². The van der Waals surface area contributed by atoms with Crippen molar-refractivity contribution in [2.75, 3.05) is 20.2 Å². The number of ether oxygens (including phenoxy) is 1. The fourth-order valence-corrected chi connectivity index (χ4v) is 5.21. The van der Waals surface area contributed by atoms with Crippen molar-refractivity contribution >= 4 is 11.8 Å². The molecule has 0 saturated carbocycles. The predicted octanol–water partition coefficient (Wildman–Crippen LogP) is 3.18. The van der Waals surface area contributed by atoms with Crippen LogP contribution in [-0.2, 0) is 22.4 Å². The Morgan fingerprint density at radius 3 is 2.93 bits per heavy atom. The summed E-state index contributed by atoms with van der Waals surface area (Å²) in [6, 6.07) is 6.78. The third kappa shape index (κ3) is 3.52. The summed E-state index contributed by atoms with van der Waals surface area (Å²) in [5.74, 6) is 0.639. The molecule has 2 amide bonds.